The zero-order valence-corrected chi connectivity index (χ0v) is 10.1. The van der Waals surface area contributed by atoms with E-state index >= 15 is 0 Å². The third-order valence-corrected chi connectivity index (χ3v) is 3.84. The number of rotatable bonds is 1. The van der Waals surface area contributed by atoms with Gasteiger partial charge in [-0.25, -0.2) is 9.97 Å². The van der Waals surface area contributed by atoms with Gasteiger partial charge in [0.05, 0.1) is 17.5 Å². The Morgan fingerprint density at radius 3 is 2.78 bits per heavy atom. The molecule has 4 atom stereocenters. The van der Waals surface area contributed by atoms with Crippen LogP contribution < -0.4 is 5.73 Å². The molecule has 96 valence electrons. The Kier molecular flexibility index (Phi) is 2.49. The fraction of sp³-hybridized carbons (Fsp3) is 0.500. The highest BCUT2D eigenvalue weighted by atomic mass is 16.3. The second kappa shape index (κ2) is 3.93. The fourth-order valence-corrected chi connectivity index (χ4v) is 2.76. The summed E-state index contributed by atoms with van der Waals surface area (Å²) in [5, 5.41) is 20.7. The van der Waals surface area contributed by atoms with Gasteiger partial charge in [-0.3, -0.25) is 0 Å². The van der Waals surface area contributed by atoms with E-state index in [9.17, 15) is 10.2 Å². The van der Waals surface area contributed by atoms with Crippen molar-refractivity contribution < 1.29 is 10.2 Å². The smallest absolute Gasteiger partial charge is 0.145 e. The highest BCUT2D eigenvalue weighted by Gasteiger charge is 2.40. The largest absolute Gasteiger partial charge is 0.390 e. The molecule has 0 radical (unpaired) electrons. The molecular weight excluding hydrogens is 232 g/mol. The summed E-state index contributed by atoms with van der Waals surface area (Å²) in [5.41, 5.74) is 6.48. The first-order valence-corrected chi connectivity index (χ1v) is 6.02. The summed E-state index contributed by atoms with van der Waals surface area (Å²) in [6, 6.07) is 1.68. The molecule has 1 aliphatic carbocycles. The summed E-state index contributed by atoms with van der Waals surface area (Å²) in [6.07, 6.45) is 2.51. The van der Waals surface area contributed by atoms with Crippen molar-refractivity contribution in [1.29, 1.82) is 0 Å². The van der Waals surface area contributed by atoms with Crippen molar-refractivity contribution in [3.63, 3.8) is 0 Å². The van der Waals surface area contributed by atoms with Gasteiger partial charge in [0.15, 0.2) is 0 Å². The molecule has 0 bridgehead atoms. The van der Waals surface area contributed by atoms with Crippen LogP contribution in [-0.4, -0.2) is 37.0 Å². The Hall–Kier alpha value is -1.66. The molecule has 4 N–H and O–H groups in total. The Balaban J connectivity index is 2.08. The van der Waals surface area contributed by atoms with Crippen molar-refractivity contribution in [3.8, 4) is 0 Å². The van der Waals surface area contributed by atoms with E-state index in [1.807, 2.05) is 23.8 Å². The molecule has 0 aromatic carbocycles. The molecule has 0 amide bonds. The lowest BCUT2D eigenvalue weighted by Gasteiger charge is -2.18. The predicted molar refractivity (Wildman–Crippen MR) is 66.8 cm³/mol. The molecule has 0 unspecified atom stereocenters. The highest BCUT2D eigenvalue weighted by Crippen LogP contribution is 2.37. The minimum atomic E-state index is -0.771. The predicted octanol–water partition coefficient (Wildman–Crippen LogP) is 0.316. The van der Waals surface area contributed by atoms with Crippen LogP contribution in [0, 0.1) is 5.92 Å². The third-order valence-electron chi connectivity index (χ3n) is 3.84. The topological polar surface area (TPSA) is 97.2 Å². The second-order valence-electron chi connectivity index (χ2n) is 4.98. The number of aliphatic hydroxyl groups excluding tert-OH is 2. The monoisotopic (exact) mass is 248 g/mol. The average Bonchev–Trinajstić information content (AvgIpc) is 2.88. The summed E-state index contributed by atoms with van der Waals surface area (Å²) in [4.78, 5) is 8.15. The molecular formula is C12H16N4O2. The summed E-state index contributed by atoms with van der Waals surface area (Å²) in [7, 11) is 0. The quantitative estimate of drug-likeness (QED) is 0.675. The number of anilines is 1. The molecule has 18 heavy (non-hydrogen) atoms. The van der Waals surface area contributed by atoms with Crippen LogP contribution in [0.3, 0.4) is 0 Å². The van der Waals surface area contributed by atoms with Crippen LogP contribution >= 0.6 is 0 Å². The molecule has 6 heteroatoms. The normalized spacial score (nSPS) is 32.2. The van der Waals surface area contributed by atoms with Gasteiger partial charge in [-0.2, -0.15) is 0 Å². The molecule has 1 fully saturated rings. The Bertz CT molecular complexity index is 582. The van der Waals surface area contributed by atoms with Gasteiger partial charge < -0.3 is 20.5 Å². The maximum Gasteiger partial charge on any atom is 0.145 e. The highest BCUT2D eigenvalue weighted by molar-refractivity contribution is 5.86. The molecule has 2 aromatic rings. The summed E-state index contributed by atoms with van der Waals surface area (Å²) in [5.74, 6) is 0.501. The van der Waals surface area contributed by atoms with E-state index < -0.39 is 12.2 Å². The molecule has 0 saturated heterocycles. The molecule has 6 nitrogen and oxygen atoms in total. The zero-order chi connectivity index (χ0) is 12.9. The SMILES string of the molecule is C[C@H]1C[C@@H](n2ccc3c(N)ncnc32)[C@H](O)[C@@H]1O. The van der Waals surface area contributed by atoms with Crippen molar-refractivity contribution in [2.75, 3.05) is 5.73 Å². The van der Waals surface area contributed by atoms with Crippen LogP contribution in [0.2, 0.25) is 0 Å². The molecule has 0 spiro atoms. The third kappa shape index (κ3) is 1.49. The molecule has 1 saturated carbocycles. The zero-order valence-electron chi connectivity index (χ0n) is 10.1. The Morgan fingerprint density at radius 2 is 2.11 bits per heavy atom. The van der Waals surface area contributed by atoms with E-state index in [-0.39, 0.29) is 12.0 Å². The number of aromatic nitrogens is 3. The molecule has 1 aliphatic rings. The number of nitrogens with two attached hydrogens (primary N) is 1. The first-order chi connectivity index (χ1) is 8.59. The van der Waals surface area contributed by atoms with Crippen LogP contribution in [0.15, 0.2) is 18.6 Å². The van der Waals surface area contributed by atoms with Crippen molar-refractivity contribution in [2.24, 2.45) is 5.92 Å². The minimum Gasteiger partial charge on any atom is -0.390 e. The number of hydrogen-bond donors (Lipinski definition) is 3. The van der Waals surface area contributed by atoms with Gasteiger partial charge in [-0.1, -0.05) is 6.92 Å². The van der Waals surface area contributed by atoms with Gasteiger partial charge in [0, 0.05) is 6.20 Å². The van der Waals surface area contributed by atoms with E-state index in [4.69, 9.17) is 5.73 Å². The van der Waals surface area contributed by atoms with Crippen molar-refractivity contribution >= 4 is 16.9 Å². The second-order valence-corrected chi connectivity index (χ2v) is 4.98. The molecule has 3 rings (SSSR count). The molecule has 0 aliphatic heterocycles. The van der Waals surface area contributed by atoms with E-state index in [0.717, 1.165) is 11.8 Å². The Morgan fingerprint density at radius 1 is 1.33 bits per heavy atom. The number of nitrogen functional groups attached to an aromatic ring is 1. The number of aliphatic hydroxyl groups is 2. The maximum atomic E-state index is 10.1. The van der Waals surface area contributed by atoms with Crippen LogP contribution in [0.5, 0.6) is 0 Å². The van der Waals surface area contributed by atoms with E-state index in [0.29, 0.717) is 11.5 Å². The van der Waals surface area contributed by atoms with E-state index in [1.165, 1.54) is 6.33 Å². The van der Waals surface area contributed by atoms with Crippen LogP contribution in [-0.2, 0) is 0 Å². The van der Waals surface area contributed by atoms with Crippen molar-refractivity contribution in [2.45, 2.75) is 31.6 Å². The van der Waals surface area contributed by atoms with Crippen molar-refractivity contribution in [1.82, 2.24) is 14.5 Å². The van der Waals surface area contributed by atoms with Gasteiger partial charge in [0.1, 0.15) is 23.9 Å². The maximum absolute atomic E-state index is 10.1. The average molecular weight is 248 g/mol. The van der Waals surface area contributed by atoms with Gasteiger partial charge in [-0.05, 0) is 18.4 Å². The van der Waals surface area contributed by atoms with E-state index in [2.05, 4.69) is 9.97 Å². The first-order valence-electron chi connectivity index (χ1n) is 6.02. The lowest BCUT2D eigenvalue weighted by Crippen LogP contribution is -2.28. The summed E-state index contributed by atoms with van der Waals surface area (Å²) >= 11 is 0. The molecule has 2 heterocycles. The molecule has 2 aromatic heterocycles. The van der Waals surface area contributed by atoms with Crippen LogP contribution in [0.4, 0.5) is 5.82 Å². The number of fused-ring (bicyclic) bond motifs is 1. The Labute approximate surface area is 104 Å². The van der Waals surface area contributed by atoms with E-state index in [1.54, 1.807) is 0 Å². The summed E-state index contributed by atoms with van der Waals surface area (Å²) in [6.45, 7) is 1.93. The lowest BCUT2D eigenvalue weighted by atomic mass is 10.1. The minimum absolute atomic E-state index is 0.0710. The summed E-state index contributed by atoms with van der Waals surface area (Å²) < 4.78 is 1.88. The number of nitrogens with zero attached hydrogens (tertiary/aromatic N) is 3. The van der Waals surface area contributed by atoms with Gasteiger partial charge in [0.2, 0.25) is 0 Å². The van der Waals surface area contributed by atoms with Crippen molar-refractivity contribution in [3.05, 3.63) is 18.6 Å². The standard InChI is InChI=1S/C12H16N4O2/c1-6-4-8(10(18)9(6)17)16-3-2-7-11(13)14-5-15-12(7)16/h2-3,5-6,8-10,17-18H,4H2,1H3,(H2,13,14,15)/t6-,8+,9+,10-/m0/s1. The van der Waals surface area contributed by atoms with Gasteiger partial charge >= 0.3 is 0 Å². The van der Waals surface area contributed by atoms with Crippen LogP contribution in [0.1, 0.15) is 19.4 Å². The fourth-order valence-electron chi connectivity index (χ4n) is 2.76. The van der Waals surface area contributed by atoms with Gasteiger partial charge in [0.25, 0.3) is 0 Å². The van der Waals surface area contributed by atoms with Crippen LogP contribution in [0.25, 0.3) is 11.0 Å². The van der Waals surface area contributed by atoms with Gasteiger partial charge in [-0.15, -0.1) is 0 Å². The lowest BCUT2D eigenvalue weighted by molar-refractivity contribution is 0.00971. The first kappa shape index (κ1) is 11.4. The number of hydrogen-bond acceptors (Lipinski definition) is 5.